The Morgan fingerprint density at radius 3 is 2.88 bits per heavy atom. The fourth-order valence-electron chi connectivity index (χ4n) is 3.68. The number of fused-ring (bicyclic) bond motifs is 1. The van der Waals surface area contributed by atoms with E-state index in [9.17, 15) is 8.76 Å². The summed E-state index contributed by atoms with van der Waals surface area (Å²) in [5.41, 5.74) is 9.89. The molecule has 1 heterocycles. The van der Waals surface area contributed by atoms with Crippen LogP contribution in [0, 0.1) is 0 Å². The van der Waals surface area contributed by atoms with E-state index in [0.29, 0.717) is 38.7 Å². The Morgan fingerprint density at radius 2 is 2.09 bits per heavy atom. The number of unbranched alkanes of at least 4 members (excludes halogenated alkanes) is 2. The molecule has 0 amide bonds. The number of benzene rings is 1. The highest BCUT2D eigenvalue weighted by Gasteiger charge is 2.19. The zero-order valence-corrected chi connectivity index (χ0v) is 19.9. The third kappa shape index (κ3) is 7.99. The van der Waals surface area contributed by atoms with Crippen molar-refractivity contribution in [3.63, 3.8) is 0 Å². The lowest BCUT2D eigenvalue weighted by Crippen LogP contribution is -2.31. The van der Waals surface area contributed by atoms with Gasteiger partial charge in [-0.25, -0.2) is 9.19 Å². The number of rotatable bonds is 14. The molecule has 1 aromatic heterocycles. The van der Waals surface area contributed by atoms with E-state index < -0.39 is 11.3 Å². The van der Waals surface area contributed by atoms with Gasteiger partial charge in [0, 0.05) is 43.1 Å². The second-order valence-corrected chi connectivity index (χ2v) is 8.72. The number of nitrogens with zero attached hydrogens (tertiary/aromatic N) is 3. The summed E-state index contributed by atoms with van der Waals surface area (Å²) in [7, 11) is 0. The molecular formula is C23H33N5O4S. The number of nitrogens with two attached hydrogens (primary N) is 1. The maximum atomic E-state index is 11.6. The number of pyridine rings is 1. The lowest BCUT2D eigenvalue weighted by Gasteiger charge is -2.18. The van der Waals surface area contributed by atoms with Gasteiger partial charge in [-0.15, -0.1) is 0 Å². The molecule has 10 heteroatoms. The first-order chi connectivity index (χ1) is 16.1. The smallest absolute Gasteiger partial charge is 0.234 e. The van der Waals surface area contributed by atoms with Gasteiger partial charge in [0.2, 0.25) is 11.3 Å². The van der Waals surface area contributed by atoms with Crippen LogP contribution in [0.3, 0.4) is 0 Å². The number of nitrogen functional groups attached to an aromatic ring is 1. The van der Waals surface area contributed by atoms with Crippen LogP contribution in [0.1, 0.15) is 43.7 Å². The highest BCUT2D eigenvalue weighted by atomic mass is 32.2. The second-order valence-electron chi connectivity index (χ2n) is 7.74. The molecule has 0 spiro atoms. The number of hydrogen-bond acceptors (Lipinski definition) is 7. The Bertz CT molecular complexity index is 956. The van der Waals surface area contributed by atoms with Crippen molar-refractivity contribution >= 4 is 28.5 Å². The zero-order valence-electron chi connectivity index (χ0n) is 19.0. The molecule has 0 radical (unpaired) electrons. The van der Waals surface area contributed by atoms with Crippen molar-refractivity contribution in [1.29, 1.82) is 0 Å². The molecule has 180 valence electrons. The lowest BCUT2D eigenvalue weighted by atomic mass is 10.1. The van der Waals surface area contributed by atoms with Crippen LogP contribution in [0.15, 0.2) is 41.7 Å². The van der Waals surface area contributed by atoms with Crippen LogP contribution >= 0.6 is 0 Å². The molecule has 1 aromatic carbocycles. The Hall–Kier alpha value is -2.69. The van der Waals surface area contributed by atoms with Gasteiger partial charge in [0.05, 0.1) is 12.3 Å². The van der Waals surface area contributed by atoms with E-state index in [1.165, 1.54) is 5.56 Å². The average molecular weight is 476 g/mol. The second kappa shape index (κ2) is 13.1. The summed E-state index contributed by atoms with van der Waals surface area (Å²) in [5.74, 6) is 1.30. The quantitative estimate of drug-likeness (QED) is 0.217. The Labute approximate surface area is 197 Å². The zero-order chi connectivity index (χ0) is 23.5. The normalized spacial score (nSPS) is 14.9. The maximum Gasteiger partial charge on any atom is 0.234 e. The number of oxime groups is 1. The maximum absolute atomic E-state index is 11.6. The number of aromatic nitrogens is 1. The summed E-state index contributed by atoms with van der Waals surface area (Å²) in [4.78, 5) is 9.14. The van der Waals surface area contributed by atoms with Crippen molar-refractivity contribution in [2.75, 3.05) is 43.9 Å². The van der Waals surface area contributed by atoms with E-state index in [-0.39, 0.29) is 0 Å². The fraction of sp³-hybridized carbons (Fsp3) is 0.478. The number of ether oxygens (including phenoxy) is 1. The first-order valence-corrected chi connectivity index (χ1v) is 12.4. The molecule has 2 aromatic rings. The van der Waals surface area contributed by atoms with E-state index in [2.05, 4.69) is 27.6 Å². The van der Waals surface area contributed by atoms with E-state index in [1.54, 1.807) is 16.6 Å². The Morgan fingerprint density at radius 1 is 1.21 bits per heavy atom. The topological polar surface area (TPSA) is 122 Å². The third-order valence-electron chi connectivity index (χ3n) is 5.34. The highest BCUT2D eigenvalue weighted by molar-refractivity contribution is 7.76. The Kier molecular flexibility index (Phi) is 9.92. The SMILES string of the molecule is CCO/N=C1\CCc2cc(OCCCCCN(CCNc3ccnc(N)c3)S(=O)O)ccc21. The van der Waals surface area contributed by atoms with Gasteiger partial charge in [-0.2, -0.15) is 4.31 Å². The van der Waals surface area contributed by atoms with Crippen molar-refractivity contribution < 1.29 is 18.3 Å². The summed E-state index contributed by atoms with van der Waals surface area (Å²) in [5, 5.41) is 7.38. The molecule has 0 saturated carbocycles. The molecule has 1 atom stereocenters. The lowest BCUT2D eigenvalue weighted by molar-refractivity contribution is 0.158. The molecule has 1 unspecified atom stereocenters. The average Bonchev–Trinajstić information content (AvgIpc) is 3.20. The minimum atomic E-state index is -2.00. The van der Waals surface area contributed by atoms with Crippen LogP contribution in [0.2, 0.25) is 0 Å². The first kappa shape index (κ1) is 24.9. The molecule has 3 rings (SSSR count). The predicted octanol–water partition coefficient (Wildman–Crippen LogP) is 3.45. The summed E-state index contributed by atoms with van der Waals surface area (Å²) < 4.78 is 28.6. The van der Waals surface area contributed by atoms with Crippen molar-refractivity contribution in [3.8, 4) is 5.75 Å². The molecule has 0 bridgehead atoms. The highest BCUT2D eigenvalue weighted by Crippen LogP contribution is 2.27. The van der Waals surface area contributed by atoms with Crippen LogP contribution in [0.4, 0.5) is 11.5 Å². The van der Waals surface area contributed by atoms with Gasteiger partial charge in [-0.3, -0.25) is 4.55 Å². The predicted molar refractivity (Wildman–Crippen MR) is 132 cm³/mol. The van der Waals surface area contributed by atoms with E-state index >= 15 is 0 Å². The van der Waals surface area contributed by atoms with Crippen molar-refractivity contribution in [1.82, 2.24) is 9.29 Å². The molecular weight excluding hydrogens is 442 g/mol. The summed E-state index contributed by atoms with van der Waals surface area (Å²) in [6.45, 7) is 4.65. The molecule has 0 fully saturated rings. The summed E-state index contributed by atoms with van der Waals surface area (Å²) in [6, 6.07) is 9.66. The van der Waals surface area contributed by atoms with Crippen molar-refractivity contribution in [3.05, 3.63) is 47.7 Å². The standard InChI is InChI=1S/C23H33N5O4S/c1-2-32-27-22-9-6-18-16-20(7-8-21(18)22)31-15-5-3-4-13-28(33(29)30)14-12-25-19-10-11-26-23(24)17-19/h7-8,10-11,16-17H,2-6,9,12-15H2,1H3,(H,29,30)(H3,24,25,26)/b27-22+. The van der Waals surface area contributed by atoms with Crippen LogP contribution in [0.25, 0.3) is 0 Å². The molecule has 0 saturated heterocycles. The van der Waals surface area contributed by atoms with Gasteiger partial charge in [0.1, 0.15) is 18.2 Å². The van der Waals surface area contributed by atoms with E-state index in [0.717, 1.165) is 54.8 Å². The molecule has 4 N–H and O–H groups in total. The number of hydrogen-bond donors (Lipinski definition) is 3. The first-order valence-electron chi connectivity index (χ1n) is 11.3. The minimum Gasteiger partial charge on any atom is -0.494 e. The van der Waals surface area contributed by atoms with Crippen molar-refractivity contribution in [2.45, 2.75) is 39.0 Å². The van der Waals surface area contributed by atoms with Gasteiger partial charge in [0.25, 0.3) is 0 Å². The summed E-state index contributed by atoms with van der Waals surface area (Å²) in [6.07, 6.45) is 6.09. The minimum absolute atomic E-state index is 0.435. The van der Waals surface area contributed by atoms with Gasteiger partial charge in [-0.05, 0) is 68.9 Å². The van der Waals surface area contributed by atoms with Gasteiger partial charge < -0.3 is 20.6 Å². The molecule has 1 aliphatic rings. The molecule has 9 nitrogen and oxygen atoms in total. The monoisotopic (exact) mass is 475 g/mol. The number of aryl methyl sites for hydroxylation is 1. The summed E-state index contributed by atoms with van der Waals surface area (Å²) >= 11 is -2.00. The van der Waals surface area contributed by atoms with E-state index in [1.807, 2.05) is 19.1 Å². The van der Waals surface area contributed by atoms with Crippen LogP contribution in [-0.4, -0.2) is 56.6 Å². The molecule has 33 heavy (non-hydrogen) atoms. The van der Waals surface area contributed by atoms with Crippen LogP contribution in [0.5, 0.6) is 5.75 Å². The third-order valence-corrected chi connectivity index (χ3v) is 6.14. The van der Waals surface area contributed by atoms with Gasteiger partial charge in [-0.1, -0.05) is 5.16 Å². The van der Waals surface area contributed by atoms with Gasteiger partial charge >= 0.3 is 0 Å². The number of nitrogens with one attached hydrogen (secondary N) is 1. The van der Waals surface area contributed by atoms with E-state index in [4.69, 9.17) is 15.3 Å². The molecule has 1 aliphatic carbocycles. The molecule has 0 aliphatic heterocycles. The van der Waals surface area contributed by atoms with Gasteiger partial charge in [0.15, 0.2) is 0 Å². The number of anilines is 2. The Balaban J connectivity index is 1.32. The van der Waals surface area contributed by atoms with Crippen molar-refractivity contribution in [2.24, 2.45) is 5.16 Å². The fourth-order valence-corrected chi connectivity index (χ4v) is 4.21. The van der Waals surface area contributed by atoms with Crippen LogP contribution in [-0.2, 0) is 22.5 Å². The van der Waals surface area contributed by atoms with Crippen LogP contribution < -0.4 is 15.8 Å². The largest absolute Gasteiger partial charge is 0.494 e.